The zero-order chi connectivity index (χ0) is 12.5. The van der Waals surface area contributed by atoms with E-state index in [2.05, 4.69) is 19.9 Å². The molecule has 1 rings (SSSR count). The minimum absolute atomic E-state index is 0.0501. The first-order valence-corrected chi connectivity index (χ1v) is 5.56. The van der Waals surface area contributed by atoms with Gasteiger partial charge in [-0.3, -0.25) is 0 Å². The molecule has 1 aromatic carbocycles. The molecular formula is C13H22N2O. The molecule has 4 N–H and O–H groups in total. The Labute approximate surface area is 97.8 Å². The quantitative estimate of drug-likeness (QED) is 0.822. The van der Waals surface area contributed by atoms with Crippen LogP contribution in [0.15, 0.2) is 6.07 Å². The van der Waals surface area contributed by atoms with Crippen LogP contribution in [-0.4, -0.2) is 13.2 Å². The Hall–Kier alpha value is -1.06. The zero-order valence-electron chi connectivity index (χ0n) is 10.8. The fourth-order valence-electron chi connectivity index (χ4n) is 2.03. The third-order valence-corrected chi connectivity index (χ3v) is 3.20. The average Bonchev–Trinajstić information content (AvgIpc) is 2.23. The van der Waals surface area contributed by atoms with Gasteiger partial charge in [-0.1, -0.05) is 6.07 Å². The number of benzene rings is 1. The Balaban J connectivity index is 3.34. The number of hydrogen-bond donors (Lipinski definition) is 2. The molecule has 0 bridgehead atoms. The van der Waals surface area contributed by atoms with E-state index in [4.69, 9.17) is 16.2 Å². The zero-order valence-corrected chi connectivity index (χ0v) is 10.8. The first-order chi connectivity index (χ1) is 7.40. The lowest BCUT2D eigenvalue weighted by molar-refractivity contribution is 0.407. The Morgan fingerprint density at radius 2 is 1.69 bits per heavy atom. The Bertz CT molecular complexity index is 386. The van der Waals surface area contributed by atoms with Gasteiger partial charge in [0.2, 0.25) is 0 Å². The van der Waals surface area contributed by atoms with Crippen LogP contribution in [0.3, 0.4) is 0 Å². The summed E-state index contributed by atoms with van der Waals surface area (Å²) in [5.74, 6) is 0.943. The normalized spacial score (nSPS) is 14.7. The number of nitrogens with two attached hydrogens (primary N) is 2. The summed E-state index contributed by atoms with van der Waals surface area (Å²) in [6.07, 6.45) is 0. The summed E-state index contributed by atoms with van der Waals surface area (Å²) < 4.78 is 5.38. The van der Waals surface area contributed by atoms with Gasteiger partial charge in [0.25, 0.3) is 0 Å². The van der Waals surface area contributed by atoms with Gasteiger partial charge in [-0.2, -0.15) is 0 Å². The smallest absolute Gasteiger partial charge is 0.124 e. The van der Waals surface area contributed by atoms with E-state index in [0.717, 1.165) is 22.4 Å². The summed E-state index contributed by atoms with van der Waals surface area (Å²) in [4.78, 5) is 0. The van der Waals surface area contributed by atoms with Crippen molar-refractivity contribution in [1.29, 1.82) is 0 Å². The van der Waals surface area contributed by atoms with Gasteiger partial charge in [0, 0.05) is 12.1 Å². The maximum Gasteiger partial charge on any atom is 0.124 e. The fourth-order valence-corrected chi connectivity index (χ4v) is 2.03. The van der Waals surface area contributed by atoms with Crippen LogP contribution in [0, 0.1) is 20.8 Å². The van der Waals surface area contributed by atoms with Crippen LogP contribution in [0.5, 0.6) is 5.75 Å². The molecule has 0 saturated heterocycles. The molecule has 2 unspecified atom stereocenters. The molecule has 90 valence electrons. The van der Waals surface area contributed by atoms with Crippen molar-refractivity contribution in [1.82, 2.24) is 0 Å². The molecule has 0 aliphatic carbocycles. The summed E-state index contributed by atoms with van der Waals surface area (Å²) in [7, 11) is 1.69. The minimum atomic E-state index is -0.122. The van der Waals surface area contributed by atoms with E-state index in [-0.39, 0.29) is 12.1 Å². The second kappa shape index (κ2) is 4.85. The van der Waals surface area contributed by atoms with E-state index in [9.17, 15) is 0 Å². The van der Waals surface area contributed by atoms with Crippen molar-refractivity contribution in [2.45, 2.75) is 39.8 Å². The van der Waals surface area contributed by atoms with Crippen LogP contribution < -0.4 is 16.2 Å². The summed E-state index contributed by atoms with van der Waals surface area (Å²) in [6.45, 7) is 8.08. The fraction of sp³-hybridized carbons (Fsp3) is 0.538. The molecule has 0 fully saturated rings. The lowest BCUT2D eigenvalue weighted by Crippen LogP contribution is -2.31. The monoisotopic (exact) mass is 222 g/mol. The molecule has 16 heavy (non-hydrogen) atoms. The average molecular weight is 222 g/mol. The second-order valence-corrected chi connectivity index (χ2v) is 4.45. The minimum Gasteiger partial charge on any atom is -0.496 e. The molecule has 0 radical (unpaired) electrons. The molecule has 0 saturated carbocycles. The predicted molar refractivity (Wildman–Crippen MR) is 67.8 cm³/mol. The van der Waals surface area contributed by atoms with Gasteiger partial charge in [-0.05, 0) is 49.9 Å². The highest BCUT2D eigenvalue weighted by atomic mass is 16.5. The van der Waals surface area contributed by atoms with E-state index in [1.165, 1.54) is 5.56 Å². The number of ether oxygens (including phenoxy) is 1. The molecule has 0 spiro atoms. The van der Waals surface area contributed by atoms with Crippen molar-refractivity contribution < 1.29 is 4.74 Å². The standard InChI is InChI=1S/C13H22N2O/c1-7-6-11(12(15)10(4)14)8(2)9(3)13(7)16-5/h6,10,12H,14-15H2,1-5H3. The van der Waals surface area contributed by atoms with Crippen molar-refractivity contribution in [2.75, 3.05) is 7.11 Å². The molecule has 0 aliphatic rings. The van der Waals surface area contributed by atoms with Gasteiger partial charge in [0.15, 0.2) is 0 Å². The van der Waals surface area contributed by atoms with Crippen LogP contribution in [-0.2, 0) is 0 Å². The van der Waals surface area contributed by atoms with Gasteiger partial charge in [0.1, 0.15) is 5.75 Å². The van der Waals surface area contributed by atoms with Gasteiger partial charge >= 0.3 is 0 Å². The number of hydrogen-bond acceptors (Lipinski definition) is 3. The van der Waals surface area contributed by atoms with Crippen LogP contribution >= 0.6 is 0 Å². The molecule has 3 nitrogen and oxygen atoms in total. The summed E-state index contributed by atoms with van der Waals surface area (Å²) in [6, 6.07) is 1.91. The van der Waals surface area contributed by atoms with E-state index in [1.54, 1.807) is 7.11 Å². The first kappa shape index (κ1) is 13.0. The molecular weight excluding hydrogens is 200 g/mol. The maximum absolute atomic E-state index is 6.10. The molecule has 1 aromatic rings. The van der Waals surface area contributed by atoms with Crippen molar-refractivity contribution in [3.8, 4) is 5.75 Å². The third-order valence-electron chi connectivity index (χ3n) is 3.20. The van der Waals surface area contributed by atoms with Crippen molar-refractivity contribution in [2.24, 2.45) is 11.5 Å². The van der Waals surface area contributed by atoms with Gasteiger partial charge < -0.3 is 16.2 Å². The van der Waals surface area contributed by atoms with Crippen molar-refractivity contribution in [3.63, 3.8) is 0 Å². The Kier molecular flexibility index (Phi) is 3.94. The highest BCUT2D eigenvalue weighted by molar-refractivity contribution is 5.50. The summed E-state index contributed by atoms with van der Waals surface area (Å²) in [5, 5.41) is 0. The highest BCUT2D eigenvalue weighted by Crippen LogP contribution is 2.31. The van der Waals surface area contributed by atoms with Gasteiger partial charge in [-0.15, -0.1) is 0 Å². The number of rotatable bonds is 3. The Morgan fingerprint density at radius 1 is 1.12 bits per heavy atom. The SMILES string of the molecule is COc1c(C)cc(C(N)C(C)N)c(C)c1C. The lowest BCUT2D eigenvalue weighted by Gasteiger charge is -2.22. The van der Waals surface area contributed by atoms with Crippen LogP contribution in [0.2, 0.25) is 0 Å². The van der Waals surface area contributed by atoms with Crippen LogP contribution in [0.4, 0.5) is 0 Å². The molecule has 3 heteroatoms. The van der Waals surface area contributed by atoms with Gasteiger partial charge in [-0.25, -0.2) is 0 Å². The highest BCUT2D eigenvalue weighted by Gasteiger charge is 2.17. The first-order valence-electron chi connectivity index (χ1n) is 5.56. The molecule has 2 atom stereocenters. The predicted octanol–water partition coefficient (Wildman–Crippen LogP) is 1.97. The van der Waals surface area contributed by atoms with Gasteiger partial charge in [0.05, 0.1) is 7.11 Å². The number of aryl methyl sites for hydroxylation is 1. The summed E-state index contributed by atoms with van der Waals surface area (Å²) in [5.41, 5.74) is 16.5. The lowest BCUT2D eigenvalue weighted by atomic mass is 9.91. The van der Waals surface area contributed by atoms with E-state index in [0.29, 0.717) is 0 Å². The third kappa shape index (κ3) is 2.20. The molecule has 0 heterocycles. The molecule has 0 amide bonds. The van der Waals surface area contributed by atoms with Crippen molar-refractivity contribution in [3.05, 3.63) is 28.3 Å². The van der Waals surface area contributed by atoms with E-state index < -0.39 is 0 Å². The Morgan fingerprint density at radius 3 is 2.12 bits per heavy atom. The largest absolute Gasteiger partial charge is 0.496 e. The van der Waals surface area contributed by atoms with Crippen LogP contribution in [0.25, 0.3) is 0 Å². The van der Waals surface area contributed by atoms with E-state index >= 15 is 0 Å². The summed E-state index contributed by atoms with van der Waals surface area (Å²) >= 11 is 0. The topological polar surface area (TPSA) is 61.3 Å². The van der Waals surface area contributed by atoms with E-state index in [1.807, 2.05) is 13.8 Å². The van der Waals surface area contributed by atoms with Crippen LogP contribution in [0.1, 0.15) is 35.2 Å². The number of methoxy groups -OCH3 is 1. The molecule has 0 aromatic heterocycles. The molecule has 0 aliphatic heterocycles. The maximum atomic E-state index is 6.10. The van der Waals surface area contributed by atoms with Crippen molar-refractivity contribution >= 4 is 0 Å². The second-order valence-electron chi connectivity index (χ2n) is 4.45.